The average molecular weight is 338 g/mol. The van der Waals surface area contributed by atoms with Crippen molar-refractivity contribution in [2.45, 2.75) is 20.8 Å². The lowest BCUT2D eigenvalue weighted by atomic mass is 10.2. The van der Waals surface area contributed by atoms with Crippen LogP contribution >= 0.6 is 22.6 Å². The Morgan fingerprint density at radius 1 is 1.31 bits per heavy atom. The van der Waals surface area contributed by atoms with Crippen LogP contribution in [0, 0.1) is 15.3 Å². The molecule has 0 fully saturated rings. The number of ether oxygens (including phenoxy) is 2. The standard InChI is InChI=1S/C12H16FIO2/c1-4-15-12-10(14)5-9(13)6-11(12)16-7-8(2)3/h5-6,8H,4,7H2,1-3H3. The van der Waals surface area contributed by atoms with Crippen molar-refractivity contribution in [3.05, 3.63) is 21.5 Å². The fourth-order valence-electron chi connectivity index (χ4n) is 1.18. The third-order valence-electron chi connectivity index (χ3n) is 1.84. The first-order valence-corrected chi connectivity index (χ1v) is 6.37. The van der Waals surface area contributed by atoms with Gasteiger partial charge in [0, 0.05) is 6.07 Å². The van der Waals surface area contributed by atoms with E-state index in [-0.39, 0.29) is 5.82 Å². The van der Waals surface area contributed by atoms with E-state index in [2.05, 4.69) is 0 Å². The topological polar surface area (TPSA) is 18.5 Å². The van der Waals surface area contributed by atoms with Crippen molar-refractivity contribution >= 4 is 22.6 Å². The van der Waals surface area contributed by atoms with Gasteiger partial charge in [0.1, 0.15) is 5.82 Å². The average Bonchev–Trinajstić information content (AvgIpc) is 2.19. The van der Waals surface area contributed by atoms with Gasteiger partial charge in [0.25, 0.3) is 0 Å². The molecule has 0 saturated carbocycles. The Bertz CT molecular complexity index is 353. The molecule has 0 amide bonds. The summed E-state index contributed by atoms with van der Waals surface area (Å²) in [6.07, 6.45) is 0. The quantitative estimate of drug-likeness (QED) is 0.759. The largest absolute Gasteiger partial charge is 0.489 e. The number of benzene rings is 1. The van der Waals surface area contributed by atoms with Gasteiger partial charge in [-0.05, 0) is 41.5 Å². The molecule has 0 spiro atoms. The van der Waals surface area contributed by atoms with Gasteiger partial charge < -0.3 is 9.47 Å². The lowest BCUT2D eigenvalue weighted by Gasteiger charge is -2.14. The summed E-state index contributed by atoms with van der Waals surface area (Å²) in [4.78, 5) is 0. The van der Waals surface area contributed by atoms with Crippen molar-refractivity contribution in [2.75, 3.05) is 13.2 Å². The summed E-state index contributed by atoms with van der Waals surface area (Å²) in [6.45, 7) is 7.08. The number of hydrogen-bond acceptors (Lipinski definition) is 2. The minimum atomic E-state index is -0.299. The third-order valence-corrected chi connectivity index (χ3v) is 2.64. The van der Waals surface area contributed by atoms with Crippen molar-refractivity contribution in [1.82, 2.24) is 0 Å². The normalized spacial score (nSPS) is 10.6. The van der Waals surface area contributed by atoms with Crippen molar-refractivity contribution in [3.8, 4) is 11.5 Å². The second-order valence-corrected chi connectivity index (χ2v) is 5.01. The van der Waals surface area contributed by atoms with E-state index in [1.807, 2.05) is 43.4 Å². The van der Waals surface area contributed by atoms with Gasteiger partial charge >= 0.3 is 0 Å². The van der Waals surface area contributed by atoms with Gasteiger partial charge in [-0.1, -0.05) is 13.8 Å². The molecule has 0 aliphatic heterocycles. The lowest BCUT2D eigenvalue weighted by molar-refractivity contribution is 0.246. The zero-order valence-corrected chi connectivity index (χ0v) is 11.9. The van der Waals surface area contributed by atoms with E-state index in [0.29, 0.717) is 30.6 Å². The minimum Gasteiger partial charge on any atom is -0.489 e. The van der Waals surface area contributed by atoms with Gasteiger partial charge in [0.2, 0.25) is 0 Å². The van der Waals surface area contributed by atoms with Crippen LogP contribution in [-0.2, 0) is 0 Å². The fraction of sp³-hybridized carbons (Fsp3) is 0.500. The maximum Gasteiger partial charge on any atom is 0.174 e. The highest BCUT2D eigenvalue weighted by molar-refractivity contribution is 14.1. The first-order valence-electron chi connectivity index (χ1n) is 5.29. The van der Waals surface area contributed by atoms with E-state index in [1.54, 1.807) is 0 Å². The predicted octanol–water partition coefficient (Wildman–Crippen LogP) is 3.86. The summed E-state index contributed by atoms with van der Waals surface area (Å²) in [5, 5.41) is 0. The molecule has 16 heavy (non-hydrogen) atoms. The van der Waals surface area contributed by atoms with Gasteiger partial charge in [-0.25, -0.2) is 4.39 Å². The van der Waals surface area contributed by atoms with Crippen molar-refractivity contribution in [2.24, 2.45) is 5.92 Å². The molecule has 0 aliphatic carbocycles. The molecule has 0 N–H and O–H groups in total. The molecule has 0 bridgehead atoms. The van der Waals surface area contributed by atoms with E-state index in [1.165, 1.54) is 12.1 Å². The van der Waals surface area contributed by atoms with E-state index >= 15 is 0 Å². The first-order chi connectivity index (χ1) is 7.54. The molecule has 0 saturated heterocycles. The summed E-state index contributed by atoms with van der Waals surface area (Å²) in [5.74, 6) is 1.21. The molecule has 0 heterocycles. The van der Waals surface area contributed by atoms with Gasteiger partial charge in [-0.2, -0.15) is 0 Å². The first kappa shape index (κ1) is 13.5. The zero-order chi connectivity index (χ0) is 12.1. The molecule has 1 rings (SSSR count). The van der Waals surface area contributed by atoms with E-state index in [0.717, 1.165) is 3.57 Å². The van der Waals surface area contributed by atoms with Crippen molar-refractivity contribution < 1.29 is 13.9 Å². The second kappa shape index (κ2) is 6.27. The van der Waals surface area contributed by atoms with Gasteiger partial charge in [0.05, 0.1) is 16.8 Å². The highest BCUT2D eigenvalue weighted by Crippen LogP contribution is 2.33. The van der Waals surface area contributed by atoms with Gasteiger partial charge in [0.15, 0.2) is 11.5 Å². The third kappa shape index (κ3) is 3.81. The molecule has 1 aromatic rings. The number of hydrogen-bond donors (Lipinski definition) is 0. The summed E-state index contributed by atoms with van der Waals surface area (Å²) < 4.78 is 25.0. The van der Waals surface area contributed by atoms with Crippen molar-refractivity contribution in [3.63, 3.8) is 0 Å². The Balaban J connectivity index is 2.94. The molecule has 0 aliphatic rings. The summed E-state index contributed by atoms with van der Waals surface area (Å²) >= 11 is 2.05. The molecule has 2 nitrogen and oxygen atoms in total. The van der Waals surface area contributed by atoms with Crippen LogP contribution < -0.4 is 9.47 Å². The summed E-state index contributed by atoms with van der Waals surface area (Å²) in [6, 6.07) is 2.81. The molecular formula is C12H16FIO2. The van der Waals surface area contributed by atoms with Crippen LogP contribution in [0.15, 0.2) is 12.1 Å². The summed E-state index contributed by atoms with van der Waals surface area (Å²) in [7, 11) is 0. The second-order valence-electron chi connectivity index (χ2n) is 3.85. The van der Waals surface area contributed by atoms with Crippen LogP contribution in [0.1, 0.15) is 20.8 Å². The van der Waals surface area contributed by atoms with E-state index < -0.39 is 0 Å². The molecule has 1 aromatic carbocycles. The SMILES string of the molecule is CCOc1c(I)cc(F)cc1OCC(C)C. The van der Waals surface area contributed by atoms with Gasteiger partial charge in [-0.3, -0.25) is 0 Å². The van der Waals surface area contributed by atoms with E-state index in [9.17, 15) is 4.39 Å². The number of halogens is 2. The highest BCUT2D eigenvalue weighted by atomic mass is 127. The molecular weight excluding hydrogens is 322 g/mol. The Hall–Kier alpha value is -0.520. The van der Waals surface area contributed by atoms with Crippen LogP contribution in [0.5, 0.6) is 11.5 Å². The maximum atomic E-state index is 13.2. The molecule has 0 radical (unpaired) electrons. The lowest BCUT2D eigenvalue weighted by Crippen LogP contribution is -2.07. The van der Waals surface area contributed by atoms with Crippen LogP contribution in [0.3, 0.4) is 0 Å². The Labute approximate surface area is 109 Å². The zero-order valence-electron chi connectivity index (χ0n) is 9.72. The highest BCUT2D eigenvalue weighted by Gasteiger charge is 2.12. The fourth-order valence-corrected chi connectivity index (χ4v) is 1.90. The predicted molar refractivity (Wildman–Crippen MR) is 70.6 cm³/mol. The monoisotopic (exact) mass is 338 g/mol. The minimum absolute atomic E-state index is 0.299. The van der Waals surface area contributed by atoms with Crippen LogP contribution in [0.4, 0.5) is 4.39 Å². The number of rotatable bonds is 5. The van der Waals surface area contributed by atoms with Crippen LogP contribution in [0.25, 0.3) is 0 Å². The Morgan fingerprint density at radius 2 is 2.00 bits per heavy atom. The smallest absolute Gasteiger partial charge is 0.174 e. The van der Waals surface area contributed by atoms with Gasteiger partial charge in [-0.15, -0.1) is 0 Å². The van der Waals surface area contributed by atoms with Crippen LogP contribution in [0.2, 0.25) is 0 Å². The molecule has 0 atom stereocenters. The molecule has 90 valence electrons. The van der Waals surface area contributed by atoms with E-state index in [4.69, 9.17) is 9.47 Å². The Kier molecular flexibility index (Phi) is 5.31. The Morgan fingerprint density at radius 3 is 2.56 bits per heavy atom. The van der Waals surface area contributed by atoms with Crippen LogP contribution in [-0.4, -0.2) is 13.2 Å². The summed E-state index contributed by atoms with van der Waals surface area (Å²) in [5.41, 5.74) is 0. The molecule has 4 heteroatoms. The maximum absolute atomic E-state index is 13.2. The molecule has 0 aromatic heterocycles. The molecule has 0 unspecified atom stereocenters. The van der Waals surface area contributed by atoms with Crippen molar-refractivity contribution in [1.29, 1.82) is 0 Å².